The van der Waals surface area contributed by atoms with Gasteiger partial charge < -0.3 is 4.74 Å². The molecule has 1 spiro atoms. The van der Waals surface area contributed by atoms with Crippen LogP contribution in [-0.4, -0.2) is 35.7 Å². The lowest BCUT2D eigenvalue weighted by atomic mass is 9.68. The first kappa shape index (κ1) is 7.89. The number of hydrogen-bond donors (Lipinski definition) is 0. The van der Waals surface area contributed by atoms with Crippen LogP contribution in [0.25, 0.3) is 0 Å². The summed E-state index contributed by atoms with van der Waals surface area (Å²) < 4.78 is 6.11. The topological polar surface area (TPSA) is 12.5 Å². The zero-order chi connectivity index (χ0) is 9.17. The summed E-state index contributed by atoms with van der Waals surface area (Å²) in [5.74, 6) is 0. The summed E-state index contributed by atoms with van der Waals surface area (Å²) in [5.41, 5.74) is 1.84. The van der Waals surface area contributed by atoms with E-state index < -0.39 is 0 Å². The Bertz CT molecular complexity index is 311. The quantitative estimate of drug-likeness (QED) is 0.540. The number of piperidine rings is 2. The van der Waals surface area contributed by atoms with Crippen molar-refractivity contribution in [1.29, 1.82) is 0 Å². The summed E-state index contributed by atoms with van der Waals surface area (Å²) in [4.78, 5) is 2.74. The zero-order valence-electron chi connectivity index (χ0n) is 8.54. The van der Waals surface area contributed by atoms with Gasteiger partial charge in [-0.05, 0) is 44.2 Å². The summed E-state index contributed by atoms with van der Waals surface area (Å²) in [6.07, 6.45) is 9.09. The first-order chi connectivity index (χ1) is 6.90. The first-order valence-electron chi connectivity index (χ1n) is 5.99. The van der Waals surface area contributed by atoms with Crippen LogP contribution < -0.4 is 0 Å². The molecule has 2 bridgehead atoms. The molecule has 3 saturated heterocycles. The highest BCUT2D eigenvalue weighted by molar-refractivity contribution is 5.33. The molecular formula is C12H17NO. The van der Waals surface area contributed by atoms with Gasteiger partial charge in [-0.3, -0.25) is 4.90 Å². The lowest BCUT2D eigenvalue weighted by Crippen LogP contribution is -2.63. The van der Waals surface area contributed by atoms with Crippen molar-refractivity contribution in [2.75, 3.05) is 13.2 Å². The van der Waals surface area contributed by atoms with E-state index in [0.29, 0.717) is 0 Å². The average Bonchev–Trinajstić information content (AvgIpc) is 2.84. The van der Waals surface area contributed by atoms with Gasteiger partial charge in [0, 0.05) is 12.1 Å². The van der Waals surface area contributed by atoms with Crippen molar-refractivity contribution in [2.24, 2.45) is 0 Å². The Morgan fingerprint density at radius 1 is 1.43 bits per heavy atom. The molecule has 0 aromatic rings. The van der Waals surface area contributed by atoms with Crippen molar-refractivity contribution in [2.45, 2.75) is 49.8 Å². The third-order valence-electron chi connectivity index (χ3n) is 4.82. The Morgan fingerprint density at radius 3 is 3.43 bits per heavy atom. The molecule has 4 fully saturated rings. The fourth-order valence-corrected chi connectivity index (χ4v) is 4.27. The largest absolute Gasteiger partial charge is 0.365 e. The normalized spacial score (nSPS) is 50.4. The van der Waals surface area contributed by atoms with E-state index in [1.807, 2.05) is 0 Å². The number of nitrogens with zero attached hydrogens (tertiary/aromatic N) is 1. The van der Waals surface area contributed by atoms with Gasteiger partial charge in [-0.1, -0.05) is 6.08 Å². The maximum absolute atomic E-state index is 6.11. The lowest BCUT2D eigenvalue weighted by molar-refractivity contribution is -0.110. The molecule has 1 aliphatic carbocycles. The van der Waals surface area contributed by atoms with Gasteiger partial charge in [0.2, 0.25) is 0 Å². The Kier molecular flexibility index (Phi) is 1.36. The second-order valence-electron chi connectivity index (χ2n) is 5.22. The molecule has 0 radical (unpaired) electrons. The maximum atomic E-state index is 6.11. The molecule has 5 aliphatic rings. The third-order valence-corrected chi connectivity index (χ3v) is 4.82. The van der Waals surface area contributed by atoms with Gasteiger partial charge in [0.25, 0.3) is 0 Å². The minimum atomic E-state index is 0.186. The third kappa shape index (κ3) is 0.728. The van der Waals surface area contributed by atoms with E-state index >= 15 is 0 Å². The van der Waals surface area contributed by atoms with Gasteiger partial charge in [0.05, 0.1) is 6.61 Å². The van der Waals surface area contributed by atoms with Gasteiger partial charge in [-0.25, -0.2) is 0 Å². The molecule has 4 heterocycles. The summed E-state index contributed by atoms with van der Waals surface area (Å²) in [6, 6.07) is 1.60. The fourth-order valence-electron chi connectivity index (χ4n) is 4.27. The minimum Gasteiger partial charge on any atom is -0.365 e. The van der Waals surface area contributed by atoms with E-state index in [1.54, 1.807) is 5.57 Å². The highest BCUT2D eigenvalue weighted by Crippen LogP contribution is 2.53. The van der Waals surface area contributed by atoms with E-state index in [1.165, 1.54) is 38.6 Å². The SMILES string of the molecule is C1=C2CC3CC[C@@]2(OC1)[C@H]1CCCN31. The summed E-state index contributed by atoms with van der Waals surface area (Å²) in [5, 5.41) is 0. The van der Waals surface area contributed by atoms with Crippen LogP contribution in [0, 0.1) is 0 Å². The Labute approximate surface area is 84.9 Å². The van der Waals surface area contributed by atoms with Crippen LogP contribution in [0.4, 0.5) is 0 Å². The van der Waals surface area contributed by atoms with Gasteiger partial charge in [0.1, 0.15) is 5.60 Å². The molecule has 0 aromatic carbocycles. The Hall–Kier alpha value is -0.340. The summed E-state index contributed by atoms with van der Waals surface area (Å²) in [6.45, 7) is 2.21. The van der Waals surface area contributed by atoms with Gasteiger partial charge >= 0.3 is 0 Å². The molecule has 4 aliphatic heterocycles. The van der Waals surface area contributed by atoms with Crippen LogP contribution in [-0.2, 0) is 4.74 Å². The highest BCUT2D eigenvalue weighted by atomic mass is 16.5. The van der Waals surface area contributed by atoms with Crippen molar-refractivity contribution in [3.63, 3.8) is 0 Å². The molecule has 2 nitrogen and oxygen atoms in total. The first-order valence-corrected chi connectivity index (χ1v) is 5.99. The summed E-state index contributed by atoms with van der Waals surface area (Å²) >= 11 is 0. The van der Waals surface area contributed by atoms with Crippen molar-refractivity contribution in [3.8, 4) is 0 Å². The van der Waals surface area contributed by atoms with Crippen LogP contribution in [0.3, 0.4) is 0 Å². The van der Waals surface area contributed by atoms with Crippen LogP contribution in [0.1, 0.15) is 32.1 Å². The second kappa shape index (κ2) is 2.42. The molecule has 76 valence electrons. The van der Waals surface area contributed by atoms with E-state index in [-0.39, 0.29) is 5.60 Å². The van der Waals surface area contributed by atoms with E-state index in [2.05, 4.69) is 11.0 Å². The Balaban J connectivity index is 1.84. The van der Waals surface area contributed by atoms with Crippen molar-refractivity contribution in [1.82, 2.24) is 4.90 Å². The standard InChI is InChI=1S/C12H17NO/c1-2-11-12-5-3-10(13(11)6-1)8-9(12)4-7-14-12/h4,10-11H,1-3,5-8H2/t10?,11-,12+/m1/s1. The molecular weight excluding hydrogens is 174 g/mol. The van der Waals surface area contributed by atoms with E-state index in [4.69, 9.17) is 4.74 Å². The average molecular weight is 191 g/mol. The predicted molar refractivity (Wildman–Crippen MR) is 54.1 cm³/mol. The summed E-state index contributed by atoms with van der Waals surface area (Å²) in [7, 11) is 0. The Morgan fingerprint density at radius 2 is 2.43 bits per heavy atom. The van der Waals surface area contributed by atoms with Crippen molar-refractivity contribution < 1.29 is 4.74 Å². The van der Waals surface area contributed by atoms with Crippen molar-refractivity contribution >= 4 is 0 Å². The number of hydrogen-bond acceptors (Lipinski definition) is 2. The number of fused-ring (bicyclic) bond motifs is 1. The smallest absolute Gasteiger partial charge is 0.105 e. The molecule has 0 N–H and O–H groups in total. The van der Waals surface area contributed by atoms with Crippen LogP contribution in [0.5, 0.6) is 0 Å². The van der Waals surface area contributed by atoms with Gasteiger partial charge in [0.15, 0.2) is 0 Å². The van der Waals surface area contributed by atoms with Crippen LogP contribution in [0.2, 0.25) is 0 Å². The number of ether oxygens (including phenoxy) is 1. The van der Waals surface area contributed by atoms with Crippen LogP contribution in [0.15, 0.2) is 11.6 Å². The molecule has 1 unspecified atom stereocenters. The number of rotatable bonds is 0. The molecule has 2 heteroatoms. The zero-order valence-corrected chi connectivity index (χ0v) is 8.54. The predicted octanol–water partition coefficient (Wildman–Crippen LogP) is 1.71. The van der Waals surface area contributed by atoms with Crippen LogP contribution >= 0.6 is 0 Å². The molecule has 14 heavy (non-hydrogen) atoms. The molecule has 5 rings (SSSR count). The molecule has 3 atom stereocenters. The minimum absolute atomic E-state index is 0.186. The maximum Gasteiger partial charge on any atom is 0.105 e. The fraction of sp³-hybridized carbons (Fsp3) is 0.833. The van der Waals surface area contributed by atoms with Gasteiger partial charge in [-0.15, -0.1) is 0 Å². The molecule has 1 saturated carbocycles. The highest BCUT2D eigenvalue weighted by Gasteiger charge is 2.58. The van der Waals surface area contributed by atoms with E-state index in [9.17, 15) is 0 Å². The molecule has 0 aromatic heterocycles. The van der Waals surface area contributed by atoms with Crippen molar-refractivity contribution in [3.05, 3.63) is 11.6 Å². The second-order valence-corrected chi connectivity index (χ2v) is 5.22. The van der Waals surface area contributed by atoms with E-state index in [0.717, 1.165) is 18.7 Å². The molecule has 0 amide bonds. The van der Waals surface area contributed by atoms with Gasteiger partial charge in [-0.2, -0.15) is 0 Å². The monoisotopic (exact) mass is 191 g/mol. The lowest BCUT2D eigenvalue weighted by Gasteiger charge is -2.55.